The highest BCUT2D eigenvalue weighted by Gasteiger charge is 2.10. The Hall–Kier alpha value is -1.97. The Morgan fingerprint density at radius 1 is 1.24 bits per heavy atom. The molecule has 2 heterocycles. The van der Waals surface area contributed by atoms with Crippen molar-refractivity contribution in [3.8, 4) is 11.4 Å². The SMILES string of the molecule is CCCNc1cc(CC(C)C)nc(-c2ccncc2C)n1. The molecule has 0 aliphatic carbocycles. The minimum atomic E-state index is 0.574. The van der Waals surface area contributed by atoms with Crippen LogP contribution in [-0.2, 0) is 6.42 Å². The lowest BCUT2D eigenvalue weighted by Gasteiger charge is -2.12. The van der Waals surface area contributed by atoms with Gasteiger partial charge in [0.05, 0.1) is 0 Å². The molecule has 0 atom stereocenters. The molecule has 2 aromatic rings. The number of rotatable bonds is 6. The van der Waals surface area contributed by atoms with Gasteiger partial charge >= 0.3 is 0 Å². The number of nitrogens with one attached hydrogen (secondary N) is 1. The van der Waals surface area contributed by atoms with E-state index in [1.54, 1.807) is 6.20 Å². The maximum Gasteiger partial charge on any atom is 0.162 e. The van der Waals surface area contributed by atoms with Crippen molar-refractivity contribution in [1.82, 2.24) is 15.0 Å². The Kier molecular flexibility index (Phi) is 5.26. The minimum absolute atomic E-state index is 0.574. The van der Waals surface area contributed by atoms with Crippen molar-refractivity contribution < 1.29 is 0 Å². The molecule has 2 rings (SSSR count). The summed E-state index contributed by atoms with van der Waals surface area (Å²) in [6.45, 7) is 9.53. The second kappa shape index (κ2) is 7.16. The van der Waals surface area contributed by atoms with Gasteiger partial charge in [0, 0.05) is 36.3 Å². The summed E-state index contributed by atoms with van der Waals surface area (Å²) >= 11 is 0. The van der Waals surface area contributed by atoms with Crippen LogP contribution in [0.25, 0.3) is 11.4 Å². The van der Waals surface area contributed by atoms with E-state index in [2.05, 4.69) is 42.1 Å². The summed E-state index contributed by atoms with van der Waals surface area (Å²) in [6, 6.07) is 4.04. The average molecular weight is 284 g/mol. The van der Waals surface area contributed by atoms with E-state index in [-0.39, 0.29) is 0 Å². The Bertz CT molecular complexity index is 593. The van der Waals surface area contributed by atoms with Crippen molar-refractivity contribution in [2.75, 3.05) is 11.9 Å². The Morgan fingerprint density at radius 2 is 2.05 bits per heavy atom. The van der Waals surface area contributed by atoms with Gasteiger partial charge in [-0.1, -0.05) is 20.8 Å². The molecular formula is C17H24N4. The largest absolute Gasteiger partial charge is 0.370 e. The second-order valence-corrected chi connectivity index (χ2v) is 5.78. The van der Waals surface area contributed by atoms with Crippen LogP contribution in [0.15, 0.2) is 24.5 Å². The Morgan fingerprint density at radius 3 is 2.71 bits per heavy atom. The van der Waals surface area contributed by atoms with E-state index in [9.17, 15) is 0 Å². The Balaban J connectivity index is 2.41. The lowest BCUT2D eigenvalue weighted by molar-refractivity contribution is 0.635. The van der Waals surface area contributed by atoms with Crippen LogP contribution in [0.5, 0.6) is 0 Å². The zero-order chi connectivity index (χ0) is 15.2. The molecule has 0 unspecified atom stereocenters. The Labute approximate surface area is 127 Å². The third-order valence-corrected chi connectivity index (χ3v) is 3.21. The molecule has 0 spiro atoms. The maximum atomic E-state index is 4.73. The molecule has 0 aromatic carbocycles. The third kappa shape index (κ3) is 4.25. The molecule has 0 radical (unpaired) electrons. The van der Waals surface area contributed by atoms with Crippen LogP contribution in [0, 0.1) is 12.8 Å². The molecule has 112 valence electrons. The molecule has 4 heteroatoms. The molecular weight excluding hydrogens is 260 g/mol. The third-order valence-electron chi connectivity index (χ3n) is 3.21. The van der Waals surface area contributed by atoms with E-state index in [4.69, 9.17) is 4.98 Å². The summed E-state index contributed by atoms with van der Waals surface area (Å²) in [7, 11) is 0. The van der Waals surface area contributed by atoms with Crippen molar-refractivity contribution in [3.63, 3.8) is 0 Å². The lowest BCUT2D eigenvalue weighted by atomic mass is 10.1. The van der Waals surface area contributed by atoms with E-state index in [1.807, 2.05) is 19.2 Å². The number of anilines is 1. The van der Waals surface area contributed by atoms with Gasteiger partial charge in [0.2, 0.25) is 0 Å². The molecule has 21 heavy (non-hydrogen) atoms. The zero-order valence-corrected chi connectivity index (χ0v) is 13.3. The number of hydrogen-bond donors (Lipinski definition) is 1. The van der Waals surface area contributed by atoms with Crippen molar-refractivity contribution in [1.29, 1.82) is 0 Å². The normalized spacial score (nSPS) is 10.9. The summed E-state index contributed by atoms with van der Waals surface area (Å²) in [5, 5.41) is 3.37. The van der Waals surface area contributed by atoms with Crippen LogP contribution in [0.1, 0.15) is 38.4 Å². The summed E-state index contributed by atoms with van der Waals surface area (Å²) in [4.78, 5) is 13.5. The fraction of sp³-hybridized carbons (Fsp3) is 0.471. The first kappa shape index (κ1) is 15.4. The number of pyridine rings is 1. The summed E-state index contributed by atoms with van der Waals surface area (Å²) in [5.74, 6) is 2.27. The van der Waals surface area contributed by atoms with E-state index in [0.717, 1.165) is 47.8 Å². The highest BCUT2D eigenvalue weighted by Crippen LogP contribution is 2.22. The standard InChI is InChI=1S/C17H24N4/c1-5-7-19-16-10-14(9-12(2)3)20-17(21-16)15-6-8-18-11-13(15)4/h6,8,10-12H,5,7,9H2,1-4H3,(H,19,20,21). The topological polar surface area (TPSA) is 50.7 Å². The smallest absolute Gasteiger partial charge is 0.162 e. The number of aryl methyl sites for hydroxylation is 1. The molecule has 2 aromatic heterocycles. The van der Waals surface area contributed by atoms with E-state index < -0.39 is 0 Å². The van der Waals surface area contributed by atoms with Crippen LogP contribution in [-0.4, -0.2) is 21.5 Å². The molecule has 0 saturated carbocycles. The van der Waals surface area contributed by atoms with Crippen molar-refractivity contribution in [3.05, 3.63) is 35.8 Å². The van der Waals surface area contributed by atoms with Crippen molar-refractivity contribution in [2.24, 2.45) is 5.92 Å². The first-order valence-corrected chi connectivity index (χ1v) is 7.63. The van der Waals surface area contributed by atoms with Gasteiger partial charge in [-0.2, -0.15) is 0 Å². The van der Waals surface area contributed by atoms with Gasteiger partial charge in [0.15, 0.2) is 5.82 Å². The number of aromatic nitrogens is 3. The molecule has 0 amide bonds. The summed E-state index contributed by atoms with van der Waals surface area (Å²) < 4.78 is 0. The quantitative estimate of drug-likeness (QED) is 0.875. The van der Waals surface area contributed by atoms with Gasteiger partial charge in [-0.25, -0.2) is 9.97 Å². The second-order valence-electron chi connectivity index (χ2n) is 5.78. The van der Waals surface area contributed by atoms with E-state index in [1.165, 1.54) is 0 Å². The first-order chi connectivity index (χ1) is 10.1. The molecule has 4 nitrogen and oxygen atoms in total. The van der Waals surface area contributed by atoms with Crippen LogP contribution in [0.2, 0.25) is 0 Å². The van der Waals surface area contributed by atoms with Crippen LogP contribution >= 0.6 is 0 Å². The lowest BCUT2D eigenvalue weighted by Crippen LogP contribution is -2.07. The van der Waals surface area contributed by atoms with Crippen LogP contribution in [0.3, 0.4) is 0 Å². The maximum absolute atomic E-state index is 4.73. The van der Waals surface area contributed by atoms with Gasteiger partial charge in [0.1, 0.15) is 5.82 Å². The average Bonchev–Trinajstić information content (AvgIpc) is 2.44. The predicted octanol–water partition coefficient (Wildman–Crippen LogP) is 3.87. The zero-order valence-electron chi connectivity index (χ0n) is 13.3. The highest BCUT2D eigenvalue weighted by atomic mass is 15.0. The van der Waals surface area contributed by atoms with Gasteiger partial charge < -0.3 is 5.32 Å². The van der Waals surface area contributed by atoms with Crippen molar-refractivity contribution in [2.45, 2.75) is 40.5 Å². The van der Waals surface area contributed by atoms with E-state index in [0.29, 0.717) is 5.92 Å². The van der Waals surface area contributed by atoms with Gasteiger partial charge in [-0.05, 0) is 37.3 Å². The van der Waals surface area contributed by atoms with Gasteiger partial charge in [-0.3, -0.25) is 4.98 Å². The minimum Gasteiger partial charge on any atom is -0.370 e. The van der Waals surface area contributed by atoms with E-state index >= 15 is 0 Å². The van der Waals surface area contributed by atoms with Gasteiger partial charge in [-0.15, -0.1) is 0 Å². The fourth-order valence-corrected chi connectivity index (χ4v) is 2.21. The first-order valence-electron chi connectivity index (χ1n) is 7.63. The molecule has 0 bridgehead atoms. The predicted molar refractivity (Wildman–Crippen MR) is 87.3 cm³/mol. The van der Waals surface area contributed by atoms with Gasteiger partial charge in [0.25, 0.3) is 0 Å². The molecule has 1 N–H and O–H groups in total. The molecule has 0 saturated heterocycles. The van der Waals surface area contributed by atoms with Crippen molar-refractivity contribution >= 4 is 5.82 Å². The summed E-state index contributed by atoms with van der Waals surface area (Å²) in [5.41, 5.74) is 3.24. The monoisotopic (exact) mass is 284 g/mol. The molecule has 0 fully saturated rings. The number of nitrogens with zero attached hydrogens (tertiary/aromatic N) is 3. The highest BCUT2D eigenvalue weighted by molar-refractivity contribution is 5.60. The number of hydrogen-bond acceptors (Lipinski definition) is 4. The fourth-order valence-electron chi connectivity index (χ4n) is 2.21. The molecule has 0 aliphatic heterocycles. The summed E-state index contributed by atoms with van der Waals surface area (Å²) in [6.07, 6.45) is 5.68. The molecule has 0 aliphatic rings. The van der Waals surface area contributed by atoms with Crippen LogP contribution < -0.4 is 5.32 Å². The van der Waals surface area contributed by atoms with Crippen LogP contribution in [0.4, 0.5) is 5.82 Å².